The molecule has 1 aromatic heterocycles. The Balaban J connectivity index is 2.42. The zero-order valence-corrected chi connectivity index (χ0v) is 5.67. The molecule has 4 N–H and O–H groups in total. The first-order valence-electron chi connectivity index (χ1n) is 3.23. The van der Waals surface area contributed by atoms with E-state index in [9.17, 15) is 0 Å². The van der Waals surface area contributed by atoms with Crippen LogP contribution in [0.25, 0.3) is 0 Å². The molecule has 0 aliphatic rings. The standard InChI is InChI=1S/C6H11N3O/c7-6-4-5(8-9-6)2-1-3-10/h4,10H,1-3H2,(H3,7,8,9). The van der Waals surface area contributed by atoms with Crippen molar-refractivity contribution in [3.63, 3.8) is 0 Å². The first-order chi connectivity index (χ1) is 4.83. The highest BCUT2D eigenvalue weighted by molar-refractivity contribution is 5.28. The topological polar surface area (TPSA) is 74.9 Å². The Labute approximate surface area is 59.1 Å². The van der Waals surface area contributed by atoms with Crippen LogP contribution < -0.4 is 5.73 Å². The lowest BCUT2D eigenvalue weighted by Crippen LogP contribution is -1.88. The fourth-order valence-corrected chi connectivity index (χ4v) is 0.769. The van der Waals surface area contributed by atoms with E-state index < -0.39 is 0 Å². The van der Waals surface area contributed by atoms with Gasteiger partial charge in [0.1, 0.15) is 5.82 Å². The van der Waals surface area contributed by atoms with Crippen molar-refractivity contribution in [2.75, 3.05) is 12.3 Å². The normalized spacial score (nSPS) is 10.1. The lowest BCUT2D eigenvalue weighted by atomic mass is 10.2. The Hall–Kier alpha value is -1.03. The minimum absolute atomic E-state index is 0.201. The van der Waals surface area contributed by atoms with Crippen LogP contribution in [0.5, 0.6) is 0 Å². The van der Waals surface area contributed by atoms with Gasteiger partial charge < -0.3 is 10.8 Å². The number of nitrogens with zero attached hydrogens (tertiary/aromatic N) is 1. The van der Waals surface area contributed by atoms with E-state index in [0.717, 1.165) is 18.5 Å². The highest BCUT2D eigenvalue weighted by atomic mass is 16.2. The first-order valence-corrected chi connectivity index (χ1v) is 3.23. The molecule has 0 fully saturated rings. The van der Waals surface area contributed by atoms with Gasteiger partial charge in [-0.2, -0.15) is 5.10 Å². The second kappa shape index (κ2) is 3.22. The highest BCUT2D eigenvalue weighted by Gasteiger charge is 1.95. The molecule has 0 bridgehead atoms. The predicted molar refractivity (Wildman–Crippen MR) is 38.4 cm³/mol. The van der Waals surface area contributed by atoms with Crippen LogP contribution in [0.2, 0.25) is 0 Å². The van der Waals surface area contributed by atoms with Crippen LogP contribution in [0.3, 0.4) is 0 Å². The molecule has 0 unspecified atom stereocenters. The summed E-state index contributed by atoms with van der Waals surface area (Å²) in [4.78, 5) is 0. The van der Waals surface area contributed by atoms with Crippen molar-refractivity contribution in [2.45, 2.75) is 12.8 Å². The zero-order chi connectivity index (χ0) is 7.40. The maximum absolute atomic E-state index is 8.47. The first kappa shape index (κ1) is 7.08. The molecule has 0 amide bonds. The summed E-state index contributed by atoms with van der Waals surface area (Å²) < 4.78 is 0. The summed E-state index contributed by atoms with van der Waals surface area (Å²) in [6, 6.07) is 1.77. The lowest BCUT2D eigenvalue weighted by molar-refractivity contribution is 0.288. The average molecular weight is 141 g/mol. The summed E-state index contributed by atoms with van der Waals surface area (Å²) >= 11 is 0. The summed E-state index contributed by atoms with van der Waals surface area (Å²) in [5.74, 6) is 0.577. The molecule has 0 saturated heterocycles. The van der Waals surface area contributed by atoms with E-state index in [4.69, 9.17) is 10.8 Å². The summed E-state index contributed by atoms with van der Waals surface area (Å²) in [5.41, 5.74) is 6.28. The van der Waals surface area contributed by atoms with Gasteiger partial charge >= 0.3 is 0 Å². The van der Waals surface area contributed by atoms with Gasteiger partial charge in [0.05, 0.1) is 5.69 Å². The van der Waals surface area contributed by atoms with Gasteiger partial charge in [0, 0.05) is 12.7 Å². The number of nitrogens with one attached hydrogen (secondary N) is 1. The van der Waals surface area contributed by atoms with Crippen molar-refractivity contribution in [3.8, 4) is 0 Å². The smallest absolute Gasteiger partial charge is 0.119 e. The van der Waals surface area contributed by atoms with Gasteiger partial charge in [-0.1, -0.05) is 0 Å². The van der Waals surface area contributed by atoms with Crippen LogP contribution in [0.1, 0.15) is 12.1 Å². The number of hydrogen-bond donors (Lipinski definition) is 3. The largest absolute Gasteiger partial charge is 0.396 e. The molecule has 0 radical (unpaired) electrons. The van der Waals surface area contributed by atoms with Crippen molar-refractivity contribution in [2.24, 2.45) is 0 Å². The Morgan fingerprint density at radius 2 is 2.50 bits per heavy atom. The predicted octanol–water partition coefficient (Wildman–Crippen LogP) is -0.0832. The monoisotopic (exact) mass is 141 g/mol. The van der Waals surface area contributed by atoms with Crippen LogP contribution >= 0.6 is 0 Å². The third-order valence-electron chi connectivity index (χ3n) is 1.24. The SMILES string of the molecule is Nc1cc(CCCO)n[nH]1. The fourth-order valence-electron chi connectivity index (χ4n) is 0.769. The molecule has 0 aliphatic heterocycles. The minimum atomic E-state index is 0.201. The Bertz CT molecular complexity index is 197. The van der Waals surface area contributed by atoms with Gasteiger partial charge in [0.15, 0.2) is 0 Å². The fraction of sp³-hybridized carbons (Fsp3) is 0.500. The zero-order valence-electron chi connectivity index (χ0n) is 5.67. The third kappa shape index (κ3) is 1.73. The molecule has 0 aromatic carbocycles. The molecule has 0 aliphatic carbocycles. The number of nitrogens with two attached hydrogens (primary N) is 1. The Morgan fingerprint density at radius 3 is 3.00 bits per heavy atom. The number of anilines is 1. The summed E-state index contributed by atoms with van der Waals surface area (Å²) in [5, 5.41) is 15.0. The van der Waals surface area contributed by atoms with E-state index in [1.807, 2.05) is 0 Å². The van der Waals surface area contributed by atoms with Crippen molar-refractivity contribution in [1.82, 2.24) is 10.2 Å². The number of hydrogen-bond acceptors (Lipinski definition) is 3. The number of rotatable bonds is 3. The number of H-pyrrole nitrogens is 1. The van der Waals surface area contributed by atoms with E-state index in [-0.39, 0.29) is 6.61 Å². The number of aromatic amines is 1. The molecule has 0 saturated carbocycles. The average Bonchev–Trinajstić information content (AvgIpc) is 2.31. The molecular formula is C6H11N3O. The molecule has 1 aromatic rings. The number of aliphatic hydroxyl groups excluding tert-OH is 1. The highest BCUT2D eigenvalue weighted by Crippen LogP contribution is 2.02. The molecular weight excluding hydrogens is 130 g/mol. The Morgan fingerprint density at radius 1 is 1.70 bits per heavy atom. The van der Waals surface area contributed by atoms with Crippen molar-refractivity contribution >= 4 is 5.82 Å². The number of nitrogen functional groups attached to an aromatic ring is 1. The van der Waals surface area contributed by atoms with E-state index >= 15 is 0 Å². The molecule has 0 spiro atoms. The molecule has 10 heavy (non-hydrogen) atoms. The van der Waals surface area contributed by atoms with Crippen LogP contribution in [0, 0.1) is 0 Å². The number of aromatic nitrogens is 2. The van der Waals surface area contributed by atoms with Gasteiger partial charge in [-0.15, -0.1) is 0 Å². The maximum Gasteiger partial charge on any atom is 0.119 e. The van der Waals surface area contributed by atoms with Gasteiger partial charge in [0.25, 0.3) is 0 Å². The van der Waals surface area contributed by atoms with Crippen molar-refractivity contribution < 1.29 is 5.11 Å². The minimum Gasteiger partial charge on any atom is -0.396 e. The maximum atomic E-state index is 8.47. The summed E-state index contributed by atoms with van der Waals surface area (Å²) in [6.07, 6.45) is 1.52. The van der Waals surface area contributed by atoms with Crippen LogP contribution in [-0.4, -0.2) is 21.9 Å². The van der Waals surface area contributed by atoms with E-state index in [0.29, 0.717) is 5.82 Å². The van der Waals surface area contributed by atoms with Crippen LogP contribution in [0.15, 0.2) is 6.07 Å². The van der Waals surface area contributed by atoms with E-state index in [1.54, 1.807) is 6.07 Å². The number of aryl methyl sites for hydroxylation is 1. The second-order valence-corrected chi connectivity index (χ2v) is 2.14. The summed E-state index contributed by atoms with van der Waals surface area (Å²) in [7, 11) is 0. The molecule has 0 atom stereocenters. The third-order valence-corrected chi connectivity index (χ3v) is 1.24. The lowest BCUT2D eigenvalue weighted by Gasteiger charge is -1.88. The van der Waals surface area contributed by atoms with Crippen LogP contribution in [-0.2, 0) is 6.42 Å². The quantitative estimate of drug-likeness (QED) is 0.551. The summed E-state index contributed by atoms with van der Waals surface area (Å²) in [6.45, 7) is 0.201. The molecule has 4 heteroatoms. The van der Waals surface area contributed by atoms with Gasteiger partial charge in [-0.3, -0.25) is 5.10 Å². The van der Waals surface area contributed by atoms with E-state index in [2.05, 4.69) is 10.2 Å². The molecule has 56 valence electrons. The van der Waals surface area contributed by atoms with Gasteiger partial charge in [0.2, 0.25) is 0 Å². The number of aliphatic hydroxyl groups is 1. The van der Waals surface area contributed by atoms with E-state index in [1.165, 1.54) is 0 Å². The molecule has 1 rings (SSSR count). The van der Waals surface area contributed by atoms with Gasteiger partial charge in [-0.05, 0) is 12.8 Å². The van der Waals surface area contributed by atoms with Crippen LogP contribution in [0.4, 0.5) is 5.82 Å². The molecule has 4 nitrogen and oxygen atoms in total. The molecule has 1 heterocycles. The van der Waals surface area contributed by atoms with Crippen molar-refractivity contribution in [3.05, 3.63) is 11.8 Å². The Kier molecular flexibility index (Phi) is 2.28. The van der Waals surface area contributed by atoms with Gasteiger partial charge in [-0.25, -0.2) is 0 Å². The van der Waals surface area contributed by atoms with Crippen molar-refractivity contribution in [1.29, 1.82) is 0 Å². The second-order valence-electron chi connectivity index (χ2n) is 2.14.